The third-order valence-electron chi connectivity index (χ3n) is 2.33. The van der Waals surface area contributed by atoms with E-state index in [0.717, 1.165) is 6.42 Å². The molecular formula is C14H29BN2O10P. The first-order chi connectivity index (χ1) is 13.6. The van der Waals surface area contributed by atoms with Gasteiger partial charge in [0.2, 0.25) is 0 Å². The molecule has 0 aromatic carbocycles. The van der Waals surface area contributed by atoms with Crippen molar-refractivity contribution in [1.29, 1.82) is 10.5 Å². The maximum absolute atomic E-state index is 10.2. The van der Waals surface area contributed by atoms with Crippen molar-refractivity contribution in [3.05, 3.63) is 0 Å². The minimum absolute atomic E-state index is 0. The molecular weight excluding hydrogens is 398 g/mol. The number of hydrogen-bond acceptors (Lipinski definition) is 10. The van der Waals surface area contributed by atoms with Crippen molar-refractivity contribution in [2.45, 2.75) is 64.6 Å². The molecule has 0 aromatic heterocycles. The summed E-state index contributed by atoms with van der Waals surface area (Å²) in [5.74, 6) is -2.08. The van der Waals surface area contributed by atoms with Crippen LogP contribution in [0, 0.1) is 10.5 Å². The molecule has 14 heteroatoms. The van der Waals surface area contributed by atoms with E-state index in [-0.39, 0.29) is 43.2 Å². The number of carboxylic acid groups (broad SMARTS) is 2. The molecule has 28 heavy (non-hydrogen) atoms. The first-order valence-electron chi connectivity index (χ1n) is 8.61. The van der Waals surface area contributed by atoms with Crippen LogP contribution in [0.15, 0.2) is 0 Å². The van der Waals surface area contributed by atoms with E-state index in [1.807, 2.05) is 6.92 Å². The van der Waals surface area contributed by atoms with Crippen LogP contribution in [0.25, 0.3) is 0 Å². The molecule has 163 valence electrons. The molecule has 2 unspecified atom stereocenters. The number of aliphatic carboxylic acids is 2. The molecule has 12 nitrogen and oxygen atoms in total. The van der Waals surface area contributed by atoms with Gasteiger partial charge < -0.3 is 35.1 Å². The Hall–Kier alpha value is -2.11. The number of cyclic esters (lactones) is 1. The summed E-state index contributed by atoms with van der Waals surface area (Å²) in [6.07, 6.45) is 2.04. The number of carbonyl (C=O) groups excluding carboxylic acids is 3. The number of aliphatic hydroxyl groups excluding tert-OH is 1. The molecule has 0 spiro atoms. The predicted molar refractivity (Wildman–Crippen MR) is 98.2 cm³/mol. The predicted octanol–water partition coefficient (Wildman–Crippen LogP) is 0.0383. The molecule has 6 N–H and O–H groups in total. The average Bonchev–Trinajstić information content (AvgIpc) is 3.06. The quantitative estimate of drug-likeness (QED) is 0.192. The maximum atomic E-state index is 10.2. The Morgan fingerprint density at radius 2 is 2.00 bits per heavy atom. The second-order valence-corrected chi connectivity index (χ2v) is 4.97. The molecule has 0 amide bonds. The van der Waals surface area contributed by atoms with Gasteiger partial charge in [0.25, 0.3) is 0 Å². The van der Waals surface area contributed by atoms with Crippen molar-refractivity contribution >= 4 is 40.1 Å². The fourth-order valence-electron chi connectivity index (χ4n) is 1.17. The average molecular weight is 430 g/mol. The van der Waals surface area contributed by atoms with Crippen molar-refractivity contribution in [2.75, 3.05) is 0 Å². The fraction of sp³-hybridized carbons (Fsp3) is 0.714. The number of hydrogen-bond donors (Lipinski definition) is 4. The molecule has 2 atom stereocenters. The number of nitrogens with one attached hydrogen (secondary N) is 2. The molecule has 0 bridgehead atoms. The molecule has 0 saturated carbocycles. The van der Waals surface area contributed by atoms with Crippen LogP contribution in [-0.4, -0.2) is 59.7 Å². The summed E-state index contributed by atoms with van der Waals surface area (Å²) in [4.78, 5) is 39.0. The second-order valence-electron chi connectivity index (χ2n) is 4.79. The van der Waals surface area contributed by atoms with Crippen molar-refractivity contribution < 1.29 is 52.2 Å². The van der Waals surface area contributed by atoms with Gasteiger partial charge in [-0.3, -0.25) is 9.59 Å². The van der Waals surface area contributed by atoms with Gasteiger partial charge in [0, 0.05) is 21.8 Å². The number of carbonyl (C=O) groups is 4. The summed E-state index contributed by atoms with van der Waals surface area (Å²) in [6.45, 7) is 3.45. The Labute approximate surface area is 168 Å². The van der Waals surface area contributed by atoms with E-state index < -0.39 is 26.3 Å². The molecule has 1 saturated heterocycles. The molecule has 1 aliphatic rings. The summed E-state index contributed by atoms with van der Waals surface area (Å²) >= 11 is 0. The summed E-state index contributed by atoms with van der Waals surface area (Å²) in [6, 6.07) is 0. The standard InChI is InChI=1S/C5H10O3.C5H8O2.C4H6O3.BHN.HNOP.H2O.H2/c1-4(6)2-3-5(7)8;1-4-2-3-5(6)7-4;5-3-1-2-4(6)7;1-2;1-3-2;;/h4,6H,2-3H2,1H3,(H,7,8);4H,2-3H2,1H3;3H,1-2H2,(H,6,7);2H;1H;1H2;1H/q;;;;+1;;/p-1/i;;;;;;1+2D. The number of ether oxygens (including phenoxy) is 1. The van der Waals surface area contributed by atoms with Crippen molar-refractivity contribution in [2.24, 2.45) is 0 Å². The zero-order chi connectivity index (χ0) is 24.3. The van der Waals surface area contributed by atoms with Gasteiger partial charge >= 0.3 is 42.9 Å². The Bertz CT molecular complexity index is 470. The van der Waals surface area contributed by atoms with Gasteiger partial charge in [-0.25, -0.2) is 0 Å². The first kappa shape index (κ1) is 33.5. The Morgan fingerprint density at radius 3 is 2.11 bits per heavy atom. The van der Waals surface area contributed by atoms with Crippen LogP contribution in [0.5, 0.6) is 0 Å². The van der Waals surface area contributed by atoms with Gasteiger partial charge in [-0.2, -0.15) is 0 Å². The van der Waals surface area contributed by atoms with Gasteiger partial charge in [0.05, 0.1) is 18.6 Å². The molecule has 1 rings (SSSR count). The monoisotopic (exact) mass is 430 g/mol. The first-order valence-corrected chi connectivity index (χ1v) is 8.42. The van der Waals surface area contributed by atoms with Crippen molar-refractivity contribution in [3.63, 3.8) is 0 Å². The molecule has 0 aliphatic carbocycles. The number of aldehydes is 1. The number of carboxylic acids is 2. The van der Waals surface area contributed by atoms with E-state index in [0.29, 0.717) is 12.7 Å². The van der Waals surface area contributed by atoms with Crippen molar-refractivity contribution in [1.82, 2.24) is 0 Å². The van der Waals surface area contributed by atoms with Gasteiger partial charge in [0.1, 0.15) is 6.29 Å². The zero-order valence-electron chi connectivity index (χ0n) is 17.8. The van der Waals surface area contributed by atoms with E-state index >= 15 is 0 Å². The van der Waals surface area contributed by atoms with E-state index in [9.17, 15) is 24.3 Å². The third kappa shape index (κ3) is 49.6. The van der Waals surface area contributed by atoms with Gasteiger partial charge in [-0.1, -0.05) is 0 Å². The summed E-state index contributed by atoms with van der Waals surface area (Å²) in [5, 5.41) is 37.0. The van der Waals surface area contributed by atoms with Crippen LogP contribution in [0.2, 0.25) is 0 Å². The van der Waals surface area contributed by atoms with Crippen LogP contribution >= 0.6 is 8.25 Å². The fourth-order valence-corrected chi connectivity index (χ4v) is 1.17. The van der Waals surface area contributed by atoms with Crippen LogP contribution in [0.4, 0.5) is 0 Å². The molecule has 1 fully saturated rings. The van der Waals surface area contributed by atoms with E-state index in [4.69, 9.17) is 33.0 Å². The normalized spacial score (nSPS) is 14.2. The molecule has 1 aliphatic heterocycles. The van der Waals surface area contributed by atoms with Crippen molar-refractivity contribution in [3.8, 4) is 0 Å². The van der Waals surface area contributed by atoms with Crippen LogP contribution in [-0.2, 0) is 28.5 Å². The summed E-state index contributed by atoms with van der Waals surface area (Å²) < 4.78 is 23.3. The third-order valence-corrected chi connectivity index (χ3v) is 2.33. The number of rotatable bonds is 6. The van der Waals surface area contributed by atoms with Gasteiger partial charge in [-0.05, 0) is 33.1 Å². The van der Waals surface area contributed by atoms with Gasteiger partial charge in [0.15, 0.2) is 0 Å². The topological polar surface area (TPSA) is 237 Å². The number of esters is 1. The van der Waals surface area contributed by atoms with Crippen LogP contribution < -0.4 is 5.11 Å². The van der Waals surface area contributed by atoms with Crippen LogP contribution in [0.3, 0.4) is 0 Å². The molecule has 1 heterocycles. The minimum atomic E-state index is -1.11. The SMILES string of the molecule is CC(O)CCC(=O)[O-].CC1CCC(=O)O1.N=[P+]=O.O.O=CCCC(=O)O.[2H][3H].[B]=N. The second kappa shape index (κ2) is 29.7. The van der Waals surface area contributed by atoms with E-state index in [1.165, 1.54) is 0 Å². The molecule has 1 radical (unpaired) electrons. The van der Waals surface area contributed by atoms with Gasteiger partial charge in [-0.15, -0.1) is 0 Å². The molecule has 0 aromatic rings. The zero-order valence-corrected chi connectivity index (χ0v) is 16.6. The van der Waals surface area contributed by atoms with Crippen LogP contribution in [0.1, 0.15) is 55.3 Å². The summed E-state index contributed by atoms with van der Waals surface area (Å²) in [5.41, 5.74) is 0. The Morgan fingerprint density at radius 1 is 1.54 bits per heavy atom. The van der Waals surface area contributed by atoms with E-state index in [2.05, 4.69) is 7.64 Å². The summed E-state index contributed by atoms with van der Waals surface area (Å²) in [7, 11) is 3.17. The van der Waals surface area contributed by atoms with E-state index in [1.54, 1.807) is 6.92 Å². The number of aliphatic hydroxyl groups is 1. The Balaban J connectivity index is -0.0000000617. The Kier molecular flexibility index (Phi) is 35.5.